The van der Waals surface area contributed by atoms with E-state index in [1.807, 2.05) is 0 Å². The van der Waals surface area contributed by atoms with Crippen LogP contribution in [0.25, 0.3) is 42.9 Å². The lowest BCUT2D eigenvalue weighted by atomic mass is 10.1. The lowest BCUT2D eigenvalue weighted by Gasteiger charge is -2.08. The summed E-state index contributed by atoms with van der Waals surface area (Å²) in [7, 11) is 0. The Morgan fingerprint density at radius 3 is 1.61 bits per heavy atom. The van der Waals surface area contributed by atoms with Crippen molar-refractivity contribution in [1.29, 1.82) is 0 Å². The van der Waals surface area contributed by atoms with Crippen LogP contribution < -0.4 is 14.2 Å². The first-order valence-corrected chi connectivity index (χ1v) is 10.9. The second kappa shape index (κ2) is 8.73. The van der Waals surface area contributed by atoms with Crippen LogP contribution in [0.4, 0.5) is 0 Å². The minimum Gasteiger partial charge on any atom is -0.429 e. The molecule has 5 aromatic heterocycles. The third-order valence-corrected chi connectivity index (χ3v) is 6.72. The minimum atomic E-state index is 0.254. The molecule has 5 aromatic rings. The van der Waals surface area contributed by atoms with Gasteiger partial charge in [-0.15, -0.1) is 0 Å². The molecule has 0 aliphatic heterocycles. The predicted octanol–water partition coefficient (Wildman–Crippen LogP) is 4.24. The van der Waals surface area contributed by atoms with Crippen LogP contribution in [0.15, 0.2) is 48.8 Å². The Labute approximate surface area is 193 Å². The van der Waals surface area contributed by atoms with Gasteiger partial charge in [-0.2, -0.15) is 0 Å². The second-order valence-electron chi connectivity index (χ2n) is 6.50. The molecule has 0 saturated carbocycles. The molecule has 0 atom stereocenters. The number of carbonyl (C=O) groups is 3. The van der Waals surface area contributed by atoms with Crippen LogP contribution in [0.2, 0.25) is 0 Å². The highest BCUT2D eigenvalue weighted by atomic mass is 32.1. The standard InChI is InChI=1S/C22H11N3O6S2/c26-9-29-14-7-15(19-21-12(1-3-23-19)5-17(32-21)30-10-27)25-16(8-14)20-22-13(2-4-24-20)6-18(33-22)31-11-28/h1-11H. The zero-order chi connectivity index (χ0) is 22.8. The Hall–Kier alpha value is -4.22. The SMILES string of the molecule is O=COc1cc(-c2nccc3cc(OC=O)sc23)nc(-c2nccc3cc(OC=O)sc23)c1. The fourth-order valence-electron chi connectivity index (χ4n) is 3.33. The van der Waals surface area contributed by atoms with Gasteiger partial charge in [0.2, 0.25) is 0 Å². The molecule has 0 aliphatic rings. The molecule has 5 heterocycles. The zero-order valence-electron chi connectivity index (χ0n) is 16.5. The summed E-state index contributed by atoms with van der Waals surface area (Å²) in [6, 6.07) is 10.2. The number of fused-ring (bicyclic) bond motifs is 2. The third-order valence-electron chi connectivity index (χ3n) is 4.62. The fourth-order valence-corrected chi connectivity index (χ4v) is 5.28. The van der Waals surface area contributed by atoms with Crippen molar-refractivity contribution >= 4 is 62.3 Å². The van der Waals surface area contributed by atoms with Gasteiger partial charge in [0.15, 0.2) is 10.1 Å². The van der Waals surface area contributed by atoms with Gasteiger partial charge in [0.1, 0.15) is 17.1 Å². The van der Waals surface area contributed by atoms with Gasteiger partial charge in [-0.25, -0.2) is 4.98 Å². The number of nitrogens with zero attached hydrogens (tertiary/aromatic N) is 3. The van der Waals surface area contributed by atoms with Crippen molar-refractivity contribution in [1.82, 2.24) is 15.0 Å². The van der Waals surface area contributed by atoms with Crippen LogP contribution in [0, 0.1) is 0 Å². The number of pyridine rings is 3. The maximum Gasteiger partial charge on any atom is 0.299 e. The van der Waals surface area contributed by atoms with Crippen LogP contribution in [-0.2, 0) is 14.4 Å². The first kappa shape index (κ1) is 20.7. The molecule has 0 bridgehead atoms. The normalized spacial score (nSPS) is 10.8. The third kappa shape index (κ3) is 3.90. The first-order valence-electron chi connectivity index (χ1n) is 9.31. The number of thiophene rings is 2. The summed E-state index contributed by atoms with van der Waals surface area (Å²) in [6.07, 6.45) is 3.23. The molecule has 11 heteroatoms. The maximum atomic E-state index is 11.1. The molecule has 162 valence electrons. The molecule has 0 fully saturated rings. The Bertz CT molecular complexity index is 1420. The molecule has 0 unspecified atom stereocenters. The van der Waals surface area contributed by atoms with E-state index >= 15 is 0 Å². The van der Waals surface area contributed by atoms with Crippen molar-refractivity contribution in [3.63, 3.8) is 0 Å². The average Bonchev–Trinajstić information content (AvgIpc) is 3.42. The highest BCUT2D eigenvalue weighted by Gasteiger charge is 2.17. The number of aromatic nitrogens is 3. The molecular weight excluding hydrogens is 466 g/mol. The summed E-state index contributed by atoms with van der Waals surface area (Å²) in [4.78, 5) is 46.2. The van der Waals surface area contributed by atoms with E-state index in [9.17, 15) is 14.4 Å². The summed E-state index contributed by atoms with van der Waals surface area (Å²) in [5, 5.41) is 2.48. The average molecular weight is 477 g/mol. The number of hydrogen-bond donors (Lipinski definition) is 0. The van der Waals surface area contributed by atoms with Crippen LogP contribution >= 0.6 is 22.7 Å². The first-order chi connectivity index (χ1) is 16.2. The quantitative estimate of drug-likeness (QED) is 0.302. The van der Waals surface area contributed by atoms with E-state index in [1.54, 1.807) is 48.8 Å². The molecule has 0 saturated heterocycles. The molecule has 9 nitrogen and oxygen atoms in total. The Balaban J connectivity index is 1.71. The van der Waals surface area contributed by atoms with Gasteiger partial charge in [-0.05, 0) is 12.1 Å². The van der Waals surface area contributed by atoms with E-state index in [0.717, 1.165) is 20.2 Å². The summed E-state index contributed by atoms with van der Waals surface area (Å²) in [5.74, 6) is 0.254. The van der Waals surface area contributed by atoms with Gasteiger partial charge in [0, 0.05) is 47.4 Å². The van der Waals surface area contributed by atoms with E-state index in [4.69, 9.17) is 19.2 Å². The highest BCUT2D eigenvalue weighted by molar-refractivity contribution is 7.21. The van der Waals surface area contributed by atoms with Crippen molar-refractivity contribution in [3.8, 4) is 38.7 Å². The molecule has 0 radical (unpaired) electrons. The molecule has 0 amide bonds. The van der Waals surface area contributed by atoms with E-state index in [2.05, 4.69) is 9.97 Å². The van der Waals surface area contributed by atoms with Gasteiger partial charge in [-0.3, -0.25) is 24.4 Å². The number of rotatable bonds is 8. The molecule has 0 aromatic carbocycles. The number of ether oxygens (including phenoxy) is 3. The molecule has 0 spiro atoms. The van der Waals surface area contributed by atoms with Crippen molar-refractivity contribution in [2.45, 2.75) is 0 Å². The van der Waals surface area contributed by atoms with Gasteiger partial charge in [0.05, 0.1) is 20.8 Å². The van der Waals surface area contributed by atoms with Crippen LogP contribution in [0.1, 0.15) is 0 Å². The monoisotopic (exact) mass is 477 g/mol. The van der Waals surface area contributed by atoms with E-state index in [-0.39, 0.29) is 5.75 Å². The maximum absolute atomic E-state index is 11.1. The molecule has 0 N–H and O–H groups in total. The number of carbonyl (C=O) groups excluding carboxylic acids is 3. The molecule has 33 heavy (non-hydrogen) atoms. The van der Waals surface area contributed by atoms with Gasteiger partial charge >= 0.3 is 0 Å². The zero-order valence-corrected chi connectivity index (χ0v) is 18.1. The molecule has 5 rings (SSSR count). The fraction of sp³-hybridized carbons (Fsp3) is 0. The Kier molecular flexibility index (Phi) is 5.47. The van der Waals surface area contributed by atoms with Crippen molar-refractivity contribution in [2.24, 2.45) is 0 Å². The van der Waals surface area contributed by atoms with Crippen LogP contribution in [0.3, 0.4) is 0 Å². The summed E-state index contributed by atoms with van der Waals surface area (Å²) in [6.45, 7) is 1.05. The van der Waals surface area contributed by atoms with Crippen LogP contribution in [-0.4, -0.2) is 34.4 Å². The Morgan fingerprint density at radius 2 is 1.15 bits per heavy atom. The lowest BCUT2D eigenvalue weighted by Crippen LogP contribution is -1.96. The Morgan fingerprint density at radius 1 is 0.667 bits per heavy atom. The highest BCUT2D eigenvalue weighted by Crippen LogP contribution is 2.40. The molecular formula is C22H11N3O6S2. The summed E-state index contributed by atoms with van der Waals surface area (Å²) < 4.78 is 16.6. The second-order valence-corrected chi connectivity index (χ2v) is 8.53. The van der Waals surface area contributed by atoms with Gasteiger partial charge in [0.25, 0.3) is 19.4 Å². The largest absolute Gasteiger partial charge is 0.429 e. The summed E-state index contributed by atoms with van der Waals surface area (Å²) in [5.41, 5.74) is 1.93. The smallest absolute Gasteiger partial charge is 0.299 e. The van der Waals surface area contributed by atoms with Crippen molar-refractivity contribution in [3.05, 3.63) is 48.8 Å². The number of hydrogen-bond acceptors (Lipinski definition) is 11. The lowest BCUT2D eigenvalue weighted by molar-refractivity contribution is -0.121. The van der Waals surface area contributed by atoms with E-state index in [1.165, 1.54) is 22.7 Å². The minimum absolute atomic E-state index is 0.254. The predicted molar refractivity (Wildman–Crippen MR) is 122 cm³/mol. The van der Waals surface area contributed by atoms with Crippen molar-refractivity contribution in [2.75, 3.05) is 0 Å². The van der Waals surface area contributed by atoms with E-state index in [0.29, 0.717) is 52.3 Å². The van der Waals surface area contributed by atoms with Crippen LogP contribution in [0.5, 0.6) is 15.9 Å². The topological polar surface area (TPSA) is 118 Å². The van der Waals surface area contributed by atoms with Gasteiger partial charge < -0.3 is 14.2 Å². The van der Waals surface area contributed by atoms with Crippen molar-refractivity contribution < 1.29 is 28.6 Å². The van der Waals surface area contributed by atoms with Gasteiger partial charge in [-0.1, -0.05) is 22.7 Å². The van der Waals surface area contributed by atoms with E-state index < -0.39 is 0 Å². The molecule has 0 aliphatic carbocycles. The summed E-state index contributed by atoms with van der Waals surface area (Å²) >= 11 is 2.49.